The van der Waals surface area contributed by atoms with Crippen molar-refractivity contribution in [2.24, 2.45) is 5.10 Å². The zero-order chi connectivity index (χ0) is 20.9. The lowest BCUT2D eigenvalue weighted by molar-refractivity contribution is -0.385. The molecule has 0 bridgehead atoms. The van der Waals surface area contributed by atoms with Crippen LogP contribution in [0.2, 0.25) is 10.0 Å². The van der Waals surface area contributed by atoms with Gasteiger partial charge in [0, 0.05) is 11.6 Å². The van der Waals surface area contributed by atoms with Crippen LogP contribution in [-0.2, 0) is 10.0 Å². The molecule has 0 aliphatic carbocycles. The smallest absolute Gasteiger partial charge is 0.315 e. The van der Waals surface area contributed by atoms with Crippen LogP contribution in [0, 0.1) is 10.1 Å². The first-order valence-corrected chi connectivity index (χ1v) is 9.92. The van der Waals surface area contributed by atoms with E-state index in [1.54, 1.807) is 6.92 Å². The second-order valence-electron chi connectivity index (χ2n) is 5.19. The highest BCUT2D eigenvalue weighted by Gasteiger charge is 2.22. The van der Waals surface area contributed by atoms with Gasteiger partial charge in [0.2, 0.25) is 5.75 Å². The Bertz CT molecular complexity index is 1030. The summed E-state index contributed by atoms with van der Waals surface area (Å²) in [6.45, 7) is 1.88. The fourth-order valence-corrected chi connectivity index (χ4v) is 3.31. The van der Waals surface area contributed by atoms with E-state index < -0.39 is 14.9 Å². The highest BCUT2D eigenvalue weighted by Crippen LogP contribution is 2.37. The molecular formula is C16H15Cl2N3O6S. The Labute approximate surface area is 171 Å². The first kappa shape index (κ1) is 21.7. The van der Waals surface area contributed by atoms with Gasteiger partial charge in [0.25, 0.3) is 10.0 Å². The number of rotatable bonds is 8. The molecule has 12 heteroatoms. The van der Waals surface area contributed by atoms with Gasteiger partial charge in [-0.05, 0) is 31.2 Å². The number of nitrogens with one attached hydrogen (secondary N) is 1. The number of nitro benzene ring substituents is 1. The van der Waals surface area contributed by atoms with Crippen LogP contribution in [0.15, 0.2) is 40.3 Å². The molecule has 2 rings (SSSR count). The maximum Gasteiger partial charge on any atom is 0.315 e. The quantitative estimate of drug-likeness (QED) is 0.374. The standard InChI is InChI=1S/C16H15Cl2N3O6S/c1-3-27-16-14(21(22)23)6-10(7-15(16)26-2)9-19-20-28(24,25)11-4-5-12(17)13(18)8-11/h4-9,20H,3H2,1-2H3/b19-9+. The van der Waals surface area contributed by atoms with Crippen molar-refractivity contribution in [3.63, 3.8) is 0 Å². The summed E-state index contributed by atoms with van der Waals surface area (Å²) in [5, 5.41) is 15.2. The number of halogens is 2. The van der Waals surface area contributed by atoms with Crippen molar-refractivity contribution in [1.29, 1.82) is 0 Å². The molecule has 0 radical (unpaired) electrons. The average molecular weight is 448 g/mol. The molecule has 150 valence electrons. The molecule has 0 fully saturated rings. The fourth-order valence-electron chi connectivity index (χ4n) is 2.13. The molecule has 0 spiro atoms. The number of methoxy groups -OCH3 is 1. The molecule has 0 atom stereocenters. The van der Waals surface area contributed by atoms with Crippen molar-refractivity contribution in [3.05, 3.63) is 56.1 Å². The van der Waals surface area contributed by atoms with Crippen molar-refractivity contribution in [2.45, 2.75) is 11.8 Å². The molecule has 0 amide bonds. The molecule has 0 aliphatic rings. The summed E-state index contributed by atoms with van der Waals surface area (Å²) in [6.07, 6.45) is 1.10. The Morgan fingerprint density at radius 2 is 1.96 bits per heavy atom. The largest absolute Gasteiger partial charge is 0.493 e. The van der Waals surface area contributed by atoms with Crippen LogP contribution in [0.4, 0.5) is 5.69 Å². The average Bonchev–Trinajstić information content (AvgIpc) is 2.64. The number of hydrogen-bond acceptors (Lipinski definition) is 7. The molecule has 28 heavy (non-hydrogen) atoms. The van der Waals surface area contributed by atoms with Gasteiger partial charge in [0.15, 0.2) is 5.75 Å². The van der Waals surface area contributed by atoms with E-state index in [2.05, 4.69) is 5.10 Å². The third-order valence-electron chi connectivity index (χ3n) is 3.35. The number of sulfonamides is 1. The predicted molar refractivity (Wildman–Crippen MR) is 105 cm³/mol. The van der Waals surface area contributed by atoms with Crippen molar-refractivity contribution >= 4 is 45.1 Å². The van der Waals surface area contributed by atoms with Crippen LogP contribution in [0.25, 0.3) is 0 Å². The molecule has 2 aromatic rings. The van der Waals surface area contributed by atoms with Crippen LogP contribution in [0.5, 0.6) is 11.5 Å². The monoisotopic (exact) mass is 447 g/mol. The predicted octanol–water partition coefficient (Wildman–Crippen LogP) is 3.62. The molecule has 0 saturated heterocycles. The molecule has 0 aliphatic heterocycles. The molecule has 9 nitrogen and oxygen atoms in total. The zero-order valence-electron chi connectivity index (χ0n) is 14.7. The van der Waals surface area contributed by atoms with Crippen LogP contribution < -0.4 is 14.3 Å². The molecule has 0 heterocycles. The lowest BCUT2D eigenvalue weighted by atomic mass is 10.2. The van der Waals surface area contributed by atoms with Crippen molar-refractivity contribution in [2.75, 3.05) is 13.7 Å². The minimum atomic E-state index is -4.01. The molecule has 0 aromatic heterocycles. The van der Waals surface area contributed by atoms with Crippen molar-refractivity contribution in [3.8, 4) is 11.5 Å². The summed E-state index contributed by atoms with van der Waals surface area (Å²) in [6, 6.07) is 6.38. The summed E-state index contributed by atoms with van der Waals surface area (Å²) < 4.78 is 34.9. The van der Waals surface area contributed by atoms with E-state index in [1.807, 2.05) is 4.83 Å². The third-order valence-corrected chi connectivity index (χ3v) is 5.31. The first-order valence-electron chi connectivity index (χ1n) is 7.68. The van der Waals surface area contributed by atoms with E-state index in [0.717, 1.165) is 6.21 Å². The van der Waals surface area contributed by atoms with Gasteiger partial charge in [-0.3, -0.25) is 10.1 Å². The second kappa shape index (κ2) is 9.09. The Balaban J connectivity index is 2.31. The van der Waals surface area contributed by atoms with Crippen molar-refractivity contribution < 1.29 is 22.8 Å². The van der Waals surface area contributed by atoms with Gasteiger partial charge in [-0.25, -0.2) is 4.83 Å². The summed E-state index contributed by atoms with van der Waals surface area (Å²) in [4.78, 5) is 12.5. The summed E-state index contributed by atoms with van der Waals surface area (Å²) in [5.74, 6) is 0.0911. The highest BCUT2D eigenvalue weighted by molar-refractivity contribution is 7.89. The minimum absolute atomic E-state index is 0.0245. The number of nitro groups is 1. The Hall–Kier alpha value is -2.56. The van der Waals surface area contributed by atoms with Gasteiger partial charge < -0.3 is 9.47 Å². The van der Waals surface area contributed by atoms with E-state index in [1.165, 1.54) is 37.4 Å². The maximum absolute atomic E-state index is 12.2. The molecule has 0 saturated carbocycles. The zero-order valence-corrected chi connectivity index (χ0v) is 17.0. The maximum atomic E-state index is 12.2. The SMILES string of the molecule is CCOc1c(OC)cc(/C=N/NS(=O)(=O)c2ccc(Cl)c(Cl)c2)cc1[N+](=O)[O-]. The van der Waals surface area contributed by atoms with E-state index in [-0.39, 0.29) is 44.3 Å². The lowest BCUT2D eigenvalue weighted by Gasteiger charge is -2.10. The molecule has 2 aromatic carbocycles. The third kappa shape index (κ3) is 5.03. The summed E-state index contributed by atoms with van der Waals surface area (Å²) in [7, 11) is -2.68. The van der Waals surface area contributed by atoms with E-state index in [0.29, 0.717) is 0 Å². The first-order chi connectivity index (χ1) is 13.2. The Kier molecular flexibility index (Phi) is 7.05. The van der Waals surface area contributed by atoms with E-state index in [9.17, 15) is 18.5 Å². The fraction of sp³-hybridized carbons (Fsp3) is 0.188. The number of nitrogens with zero attached hydrogens (tertiary/aromatic N) is 2. The van der Waals surface area contributed by atoms with Gasteiger partial charge >= 0.3 is 5.69 Å². The lowest BCUT2D eigenvalue weighted by Crippen LogP contribution is -2.18. The summed E-state index contributed by atoms with van der Waals surface area (Å²) >= 11 is 11.6. The number of hydrazone groups is 1. The molecular weight excluding hydrogens is 433 g/mol. The van der Waals surface area contributed by atoms with Gasteiger partial charge in [0.1, 0.15) is 0 Å². The minimum Gasteiger partial charge on any atom is -0.493 e. The van der Waals surface area contributed by atoms with Crippen LogP contribution in [0.1, 0.15) is 12.5 Å². The van der Waals surface area contributed by atoms with Crippen LogP contribution >= 0.6 is 23.2 Å². The number of ether oxygens (including phenoxy) is 2. The van der Waals surface area contributed by atoms with E-state index >= 15 is 0 Å². The second-order valence-corrected chi connectivity index (χ2v) is 7.67. The highest BCUT2D eigenvalue weighted by atomic mass is 35.5. The van der Waals surface area contributed by atoms with Crippen LogP contribution in [0.3, 0.4) is 0 Å². The molecule has 1 N–H and O–H groups in total. The Morgan fingerprint density at radius 1 is 1.25 bits per heavy atom. The normalized spacial score (nSPS) is 11.4. The molecule has 0 unspecified atom stereocenters. The number of hydrogen-bond donors (Lipinski definition) is 1. The van der Waals surface area contributed by atoms with Crippen molar-refractivity contribution in [1.82, 2.24) is 4.83 Å². The summed E-state index contributed by atoms with van der Waals surface area (Å²) in [5.41, 5.74) is -0.112. The number of benzene rings is 2. The van der Waals surface area contributed by atoms with Gasteiger partial charge in [0.05, 0.1) is 39.8 Å². The van der Waals surface area contributed by atoms with Gasteiger partial charge in [-0.1, -0.05) is 23.2 Å². The Morgan fingerprint density at radius 3 is 2.54 bits per heavy atom. The van der Waals surface area contributed by atoms with Crippen LogP contribution in [-0.4, -0.2) is 33.3 Å². The van der Waals surface area contributed by atoms with Gasteiger partial charge in [-0.15, -0.1) is 0 Å². The topological polar surface area (TPSA) is 120 Å². The van der Waals surface area contributed by atoms with Gasteiger partial charge in [-0.2, -0.15) is 13.5 Å². The van der Waals surface area contributed by atoms with E-state index in [4.69, 9.17) is 32.7 Å².